The highest BCUT2D eigenvalue weighted by Crippen LogP contribution is 2.30. The van der Waals surface area contributed by atoms with E-state index in [2.05, 4.69) is 15.5 Å². The number of halogens is 1. The minimum absolute atomic E-state index is 0.0454. The fourth-order valence-electron chi connectivity index (χ4n) is 2.51. The third kappa shape index (κ3) is 1.92. The number of nitrogens with zero attached hydrogens (tertiary/aromatic N) is 5. The third-order valence-corrected chi connectivity index (χ3v) is 3.58. The SMILES string of the molecule is O=C1c2ccccc2C(=O)N1c1ccc(F)c(-n2cnnn2)c1. The molecular formula is C15H8FN5O2. The Kier molecular flexibility index (Phi) is 2.77. The molecule has 8 heteroatoms. The maximum absolute atomic E-state index is 14.0. The molecule has 0 bridgehead atoms. The molecule has 2 heterocycles. The summed E-state index contributed by atoms with van der Waals surface area (Å²) in [6, 6.07) is 10.4. The monoisotopic (exact) mass is 309 g/mol. The van der Waals surface area contributed by atoms with Crippen molar-refractivity contribution in [2.24, 2.45) is 0 Å². The van der Waals surface area contributed by atoms with Crippen LogP contribution in [-0.4, -0.2) is 32.0 Å². The van der Waals surface area contributed by atoms with Gasteiger partial charge in [-0.3, -0.25) is 9.59 Å². The maximum Gasteiger partial charge on any atom is 0.266 e. The Bertz CT molecular complexity index is 904. The molecule has 1 aliphatic heterocycles. The lowest BCUT2D eigenvalue weighted by atomic mass is 10.1. The lowest BCUT2D eigenvalue weighted by molar-refractivity contribution is 0.0926. The number of fused-ring (bicyclic) bond motifs is 1. The Balaban J connectivity index is 1.83. The Morgan fingerprint density at radius 3 is 2.26 bits per heavy atom. The largest absolute Gasteiger partial charge is 0.268 e. The molecule has 2 amide bonds. The van der Waals surface area contributed by atoms with Gasteiger partial charge in [-0.05, 0) is 40.8 Å². The van der Waals surface area contributed by atoms with Gasteiger partial charge < -0.3 is 0 Å². The number of amides is 2. The second-order valence-electron chi connectivity index (χ2n) is 4.88. The van der Waals surface area contributed by atoms with E-state index in [9.17, 15) is 14.0 Å². The lowest BCUT2D eigenvalue weighted by Crippen LogP contribution is -2.29. The third-order valence-electron chi connectivity index (χ3n) is 3.58. The van der Waals surface area contributed by atoms with Gasteiger partial charge >= 0.3 is 0 Å². The van der Waals surface area contributed by atoms with Crippen molar-refractivity contribution in [1.29, 1.82) is 0 Å². The standard InChI is InChI=1S/C15H8FN5O2/c16-12-6-5-9(7-13(12)20-8-17-18-19-20)21-14(22)10-3-1-2-4-11(10)15(21)23/h1-8H. The zero-order valence-electron chi connectivity index (χ0n) is 11.5. The Labute approximate surface area is 129 Å². The van der Waals surface area contributed by atoms with Crippen LogP contribution < -0.4 is 4.90 Å². The van der Waals surface area contributed by atoms with Crippen molar-refractivity contribution >= 4 is 17.5 Å². The van der Waals surface area contributed by atoms with Crippen LogP contribution in [0.5, 0.6) is 0 Å². The summed E-state index contributed by atoms with van der Waals surface area (Å²) >= 11 is 0. The van der Waals surface area contributed by atoms with Crippen molar-refractivity contribution in [2.75, 3.05) is 4.90 Å². The van der Waals surface area contributed by atoms with Gasteiger partial charge in [0, 0.05) is 0 Å². The first-order valence-corrected chi connectivity index (χ1v) is 6.67. The van der Waals surface area contributed by atoms with Crippen molar-refractivity contribution in [3.63, 3.8) is 0 Å². The number of carbonyl (C=O) groups is 2. The van der Waals surface area contributed by atoms with Crippen molar-refractivity contribution in [3.8, 4) is 5.69 Å². The van der Waals surface area contributed by atoms with Crippen LogP contribution >= 0.6 is 0 Å². The van der Waals surface area contributed by atoms with Crippen molar-refractivity contribution in [2.45, 2.75) is 0 Å². The van der Waals surface area contributed by atoms with Crippen molar-refractivity contribution < 1.29 is 14.0 Å². The summed E-state index contributed by atoms with van der Waals surface area (Å²) in [5.74, 6) is -1.46. The van der Waals surface area contributed by atoms with E-state index in [0.717, 1.165) is 15.6 Å². The first-order chi connectivity index (χ1) is 11.2. The van der Waals surface area contributed by atoms with Crippen LogP contribution in [-0.2, 0) is 0 Å². The van der Waals surface area contributed by atoms with Crippen LogP contribution in [0.25, 0.3) is 5.69 Å². The zero-order chi connectivity index (χ0) is 16.0. The molecule has 0 fully saturated rings. The minimum atomic E-state index is -0.572. The van der Waals surface area contributed by atoms with Gasteiger partial charge in [0.25, 0.3) is 11.8 Å². The Hall–Kier alpha value is -3.42. The molecule has 0 spiro atoms. The van der Waals surface area contributed by atoms with Crippen molar-refractivity contribution in [1.82, 2.24) is 20.2 Å². The van der Waals surface area contributed by atoms with Crippen LogP contribution in [0, 0.1) is 5.82 Å². The molecule has 0 aliphatic carbocycles. The van der Waals surface area contributed by atoms with Gasteiger partial charge in [-0.25, -0.2) is 9.29 Å². The van der Waals surface area contributed by atoms with Gasteiger partial charge in [0.1, 0.15) is 17.8 Å². The first-order valence-electron chi connectivity index (χ1n) is 6.67. The molecular weight excluding hydrogens is 301 g/mol. The normalized spacial score (nSPS) is 13.5. The molecule has 0 radical (unpaired) electrons. The predicted molar refractivity (Wildman–Crippen MR) is 76.7 cm³/mol. The molecule has 0 atom stereocenters. The number of anilines is 1. The van der Waals surface area contributed by atoms with Gasteiger partial charge in [0.05, 0.1) is 16.8 Å². The van der Waals surface area contributed by atoms with E-state index in [0.29, 0.717) is 11.1 Å². The summed E-state index contributed by atoms with van der Waals surface area (Å²) in [5, 5.41) is 10.5. The fraction of sp³-hybridized carbons (Fsp3) is 0. The van der Waals surface area contributed by atoms with Gasteiger partial charge in [-0.15, -0.1) is 5.10 Å². The van der Waals surface area contributed by atoms with E-state index < -0.39 is 17.6 Å². The smallest absolute Gasteiger partial charge is 0.266 e. The van der Waals surface area contributed by atoms with Gasteiger partial charge in [-0.1, -0.05) is 12.1 Å². The molecule has 4 rings (SSSR count). The topological polar surface area (TPSA) is 81.0 Å². The number of hydrogen-bond donors (Lipinski definition) is 0. The van der Waals surface area contributed by atoms with E-state index in [1.807, 2.05) is 0 Å². The second-order valence-corrected chi connectivity index (χ2v) is 4.88. The minimum Gasteiger partial charge on any atom is -0.268 e. The number of benzene rings is 2. The van der Waals surface area contributed by atoms with E-state index in [-0.39, 0.29) is 11.4 Å². The molecule has 2 aromatic carbocycles. The number of rotatable bonds is 2. The quantitative estimate of drug-likeness (QED) is 0.672. The van der Waals surface area contributed by atoms with E-state index in [4.69, 9.17) is 0 Å². The average molecular weight is 309 g/mol. The average Bonchev–Trinajstić information content (AvgIpc) is 3.17. The van der Waals surface area contributed by atoms with Crippen molar-refractivity contribution in [3.05, 3.63) is 65.7 Å². The second kappa shape index (κ2) is 4.80. The molecule has 0 saturated heterocycles. The molecule has 112 valence electrons. The van der Waals surface area contributed by atoms with Crippen LogP contribution in [0.1, 0.15) is 20.7 Å². The maximum atomic E-state index is 14.0. The molecule has 0 saturated carbocycles. The summed E-state index contributed by atoms with van der Waals surface area (Å²) < 4.78 is 15.1. The molecule has 3 aromatic rings. The predicted octanol–water partition coefficient (Wildman–Crippen LogP) is 1.60. The summed E-state index contributed by atoms with van der Waals surface area (Å²) in [6.07, 6.45) is 1.23. The molecule has 23 heavy (non-hydrogen) atoms. The summed E-state index contributed by atoms with van der Waals surface area (Å²) in [7, 11) is 0. The molecule has 1 aliphatic rings. The fourth-order valence-corrected chi connectivity index (χ4v) is 2.51. The number of carbonyl (C=O) groups excluding carboxylic acids is 2. The molecule has 1 aromatic heterocycles. The van der Waals surface area contributed by atoms with Crippen LogP contribution in [0.4, 0.5) is 10.1 Å². The lowest BCUT2D eigenvalue weighted by Gasteiger charge is -2.15. The molecule has 0 N–H and O–H groups in total. The molecule has 7 nitrogen and oxygen atoms in total. The number of hydrogen-bond acceptors (Lipinski definition) is 5. The summed E-state index contributed by atoms with van der Waals surface area (Å²) in [6.45, 7) is 0. The van der Waals surface area contributed by atoms with Crippen LogP contribution in [0.3, 0.4) is 0 Å². The number of aromatic nitrogens is 4. The first kappa shape index (κ1) is 13.3. The van der Waals surface area contributed by atoms with Crippen LogP contribution in [0.2, 0.25) is 0 Å². The zero-order valence-corrected chi connectivity index (χ0v) is 11.5. The van der Waals surface area contributed by atoms with Gasteiger partial charge in [0.15, 0.2) is 0 Å². The van der Waals surface area contributed by atoms with Gasteiger partial charge in [0.2, 0.25) is 0 Å². The van der Waals surface area contributed by atoms with Gasteiger partial charge in [-0.2, -0.15) is 4.68 Å². The summed E-state index contributed by atoms with van der Waals surface area (Å²) in [5.41, 5.74) is 0.948. The van der Waals surface area contributed by atoms with E-state index in [1.165, 1.54) is 18.5 Å². The molecule has 0 unspecified atom stereocenters. The van der Waals surface area contributed by atoms with E-state index in [1.54, 1.807) is 24.3 Å². The number of imide groups is 1. The Morgan fingerprint density at radius 2 is 1.65 bits per heavy atom. The van der Waals surface area contributed by atoms with E-state index >= 15 is 0 Å². The number of tetrazole rings is 1. The highest BCUT2D eigenvalue weighted by Gasteiger charge is 2.36. The highest BCUT2D eigenvalue weighted by atomic mass is 19.1. The Morgan fingerprint density at radius 1 is 0.957 bits per heavy atom. The highest BCUT2D eigenvalue weighted by molar-refractivity contribution is 6.34. The summed E-state index contributed by atoms with van der Waals surface area (Å²) in [4.78, 5) is 25.9. The van der Waals surface area contributed by atoms with Crippen LogP contribution in [0.15, 0.2) is 48.8 Å².